The minimum absolute atomic E-state index is 0.0258. The number of nitrogens with one attached hydrogen (secondary N) is 2. The summed E-state index contributed by atoms with van der Waals surface area (Å²) in [6.07, 6.45) is 1.30. The molecule has 2 rings (SSSR count). The fraction of sp³-hybridized carbons (Fsp3) is 0.154. The molecule has 1 heterocycles. The average molecular weight is 329 g/mol. The zero-order chi connectivity index (χ0) is 16.1. The third kappa shape index (κ3) is 4.01. The Bertz CT molecular complexity index is 749. The first-order valence-corrected chi connectivity index (χ1v) is 6.44. The van der Waals surface area contributed by atoms with E-state index in [2.05, 4.69) is 25.5 Å². The number of ether oxygens (including phenoxy) is 1. The molecule has 1 aromatic heterocycles. The quantitative estimate of drug-likeness (QED) is 0.653. The number of halogens is 3. The summed E-state index contributed by atoms with van der Waals surface area (Å²) in [5, 5.41) is 9.71. The Morgan fingerprint density at radius 3 is 3.00 bits per heavy atom. The Morgan fingerprint density at radius 1 is 1.50 bits per heavy atom. The molecule has 0 unspecified atom stereocenters. The normalized spacial score (nSPS) is 11.6. The fourth-order valence-electron chi connectivity index (χ4n) is 1.57. The molecule has 0 atom stereocenters. The maximum Gasteiger partial charge on any atom is 0.387 e. The van der Waals surface area contributed by atoms with Crippen molar-refractivity contribution >= 4 is 23.0 Å². The van der Waals surface area contributed by atoms with E-state index in [1.807, 2.05) is 0 Å². The van der Waals surface area contributed by atoms with Gasteiger partial charge < -0.3 is 4.74 Å². The van der Waals surface area contributed by atoms with E-state index in [4.69, 9.17) is 11.6 Å². The third-order valence-electron chi connectivity index (χ3n) is 2.62. The van der Waals surface area contributed by atoms with Crippen LogP contribution in [0.2, 0.25) is 5.02 Å². The van der Waals surface area contributed by atoms with Crippen LogP contribution in [0, 0.1) is 0 Å². The molecule has 116 valence electrons. The number of anilines is 1. The molecule has 0 aliphatic heterocycles. The summed E-state index contributed by atoms with van der Waals surface area (Å²) in [5.74, 6) is 0.0258. The van der Waals surface area contributed by atoms with Gasteiger partial charge in [0, 0.05) is 5.56 Å². The molecule has 2 N–H and O–H groups in total. The highest BCUT2D eigenvalue weighted by molar-refractivity contribution is 6.32. The van der Waals surface area contributed by atoms with Crippen LogP contribution in [-0.4, -0.2) is 22.5 Å². The van der Waals surface area contributed by atoms with E-state index in [-0.39, 0.29) is 16.5 Å². The van der Waals surface area contributed by atoms with E-state index < -0.39 is 12.2 Å². The largest absolute Gasteiger partial charge is 0.435 e. The number of aromatic nitrogens is 2. The lowest BCUT2D eigenvalue weighted by Gasteiger charge is -2.07. The van der Waals surface area contributed by atoms with Gasteiger partial charge in [-0.15, -0.1) is 0 Å². The number of benzene rings is 1. The van der Waals surface area contributed by atoms with Gasteiger partial charge in [0.2, 0.25) is 0 Å². The van der Waals surface area contributed by atoms with Crippen molar-refractivity contribution in [2.24, 2.45) is 5.10 Å². The van der Waals surface area contributed by atoms with Gasteiger partial charge in [-0.25, -0.2) is 5.10 Å². The van der Waals surface area contributed by atoms with Crippen LogP contribution < -0.4 is 15.7 Å². The molecule has 0 aliphatic carbocycles. The van der Waals surface area contributed by atoms with Gasteiger partial charge in [0.05, 0.1) is 11.9 Å². The van der Waals surface area contributed by atoms with Crippen LogP contribution >= 0.6 is 11.6 Å². The summed E-state index contributed by atoms with van der Waals surface area (Å²) < 4.78 is 28.7. The molecule has 6 nitrogen and oxygen atoms in total. The number of rotatable bonds is 5. The standard InChI is InChI=1S/C13H11ClF2N4O2/c1-7(8-3-2-4-9(5-8)22-13(15)16)18-19-10-6-17-20-12(21)11(10)14/h2-6,13H,1H3,(H2,19,20,21)/b18-7-. The zero-order valence-electron chi connectivity index (χ0n) is 11.3. The number of aromatic amines is 1. The minimum Gasteiger partial charge on any atom is -0.435 e. The van der Waals surface area contributed by atoms with E-state index in [1.165, 1.54) is 18.3 Å². The first-order chi connectivity index (χ1) is 10.5. The van der Waals surface area contributed by atoms with Gasteiger partial charge in [-0.1, -0.05) is 23.7 Å². The van der Waals surface area contributed by atoms with Crippen LogP contribution in [0.25, 0.3) is 0 Å². The highest BCUT2D eigenvalue weighted by Crippen LogP contribution is 2.18. The van der Waals surface area contributed by atoms with E-state index in [9.17, 15) is 13.6 Å². The summed E-state index contributed by atoms with van der Waals surface area (Å²) in [4.78, 5) is 11.3. The van der Waals surface area contributed by atoms with Gasteiger partial charge in [-0.3, -0.25) is 10.2 Å². The van der Waals surface area contributed by atoms with Crippen LogP contribution in [0.1, 0.15) is 12.5 Å². The highest BCUT2D eigenvalue weighted by Gasteiger charge is 2.07. The second-order valence-electron chi connectivity index (χ2n) is 4.14. The summed E-state index contributed by atoms with van der Waals surface area (Å²) in [6, 6.07) is 6.07. The lowest BCUT2D eigenvalue weighted by molar-refractivity contribution is -0.0498. The summed E-state index contributed by atoms with van der Waals surface area (Å²) in [6.45, 7) is -1.24. The van der Waals surface area contributed by atoms with Crippen LogP contribution in [-0.2, 0) is 0 Å². The van der Waals surface area contributed by atoms with Crippen molar-refractivity contribution in [3.8, 4) is 5.75 Å². The van der Waals surface area contributed by atoms with Gasteiger partial charge in [0.15, 0.2) is 0 Å². The monoisotopic (exact) mass is 328 g/mol. The second kappa shape index (κ2) is 6.99. The van der Waals surface area contributed by atoms with Gasteiger partial charge in [0.1, 0.15) is 16.5 Å². The summed E-state index contributed by atoms with van der Waals surface area (Å²) in [5.41, 5.74) is 3.33. The lowest BCUT2D eigenvalue weighted by Crippen LogP contribution is -2.10. The zero-order valence-corrected chi connectivity index (χ0v) is 12.1. The SMILES string of the molecule is C/C(=N/Nc1cn[nH]c(=O)c1Cl)c1cccc(OC(F)F)c1. The molecule has 0 radical (unpaired) electrons. The molecule has 9 heteroatoms. The van der Waals surface area contributed by atoms with Crippen molar-refractivity contribution in [3.05, 3.63) is 51.4 Å². The number of hydrazone groups is 1. The molecule has 0 saturated heterocycles. The van der Waals surface area contributed by atoms with E-state index in [1.54, 1.807) is 19.1 Å². The molecule has 1 aromatic carbocycles. The van der Waals surface area contributed by atoms with E-state index in [0.29, 0.717) is 11.3 Å². The summed E-state index contributed by atoms with van der Waals surface area (Å²) in [7, 11) is 0. The molecule has 0 fully saturated rings. The Balaban J connectivity index is 2.18. The minimum atomic E-state index is -2.90. The summed E-state index contributed by atoms with van der Waals surface area (Å²) >= 11 is 5.79. The Morgan fingerprint density at radius 2 is 2.27 bits per heavy atom. The number of hydrogen-bond donors (Lipinski definition) is 2. The van der Waals surface area contributed by atoms with E-state index in [0.717, 1.165) is 0 Å². The van der Waals surface area contributed by atoms with Crippen molar-refractivity contribution in [3.63, 3.8) is 0 Å². The molecular weight excluding hydrogens is 318 g/mol. The second-order valence-corrected chi connectivity index (χ2v) is 4.52. The smallest absolute Gasteiger partial charge is 0.387 e. The predicted octanol–water partition coefficient (Wildman–Crippen LogP) is 2.86. The predicted molar refractivity (Wildman–Crippen MR) is 78.8 cm³/mol. The van der Waals surface area contributed by atoms with Gasteiger partial charge >= 0.3 is 6.61 Å². The molecule has 22 heavy (non-hydrogen) atoms. The molecule has 0 aliphatic rings. The Hall–Kier alpha value is -2.48. The van der Waals surface area contributed by atoms with Crippen molar-refractivity contribution in [2.75, 3.05) is 5.43 Å². The van der Waals surface area contributed by atoms with Crippen molar-refractivity contribution in [1.29, 1.82) is 0 Å². The van der Waals surface area contributed by atoms with E-state index >= 15 is 0 Å². The molecular formula is C13H11ClF2N4O2. The number of alkyl halides is 2. The molecule has 2 aromatic rings. The Labute approximate surface area is 128 Å². The first kappa shape index (κ1) is 15.9. The van der Waals surface area contributed by atoms with Crippen LogP contribution in [0.4, 0.5) is 14.5 Å². The van der Waals surface area contributed by atoms with Crippen molar-refractivity contribution in [2.45, 2.75) is 13.5 Å². The van der Waals surface area contributed by atoms with Gasteiger partial charge in [0.25, 0.3) is 5.56 Å². The average Bonchev–Trinajstić information content (AvgIpc) is 2.48. The van der Waals surface area contributed by atoms with Gasteiger partial charge in [-0.2, -0.15) is 19.0 Å². The van der Waals surface area contributed by atoms with Crippen molar-refractivity contribution in [1.82, 2.24) is 10.2 Å². The van der Waals surface area contributed by atoms with Crippen LogP contribution in [0.5, 0.6) is 5.75 Å². The molecule has 0 spiro atoms. The fourth-order valence-corrected chi connectivity index (χ4v) is 1.70. The Kier molecular flexibility index (Phi) is 5.05. The maximum atomic E-state index is 12.2. The third-order valence-corrected chi connectivity index (χ3v) is 2.99. The van der Waals surface area contributed by atoms with Crippen LogP contribution in [0.15, 0.2) is 40.4 Å². The van der Waals surface area contributed by atoms with Gasteiger partial charge in [-0.05, 0) is 19.1 Å². The lowest BCUT2D eigenvalue weighted by atomic mass is 10.1. The maximum absolute atomic E-state index is 12.2. The molecule has 0 saturated carbocycles. The highest BCUT2D eigenvalue weighted by atomic mass is 35.5. The number of H-pyrrole nitrogens is 1. The molecule has 0 amide bonds. The number of hydrogen-bond acceptors (Lipinski definition) is 5. The topological polar surface area (TPSA) is 79.4 Å². The first-order valence-electron chi connectivity index (χ1n) is 6.06. The van der Waals surface area contributed by atoms with Crippen LogP contribution in [0.3, 0.4) is 0 Å². The number of nitrogens with zero attached hydrogens (tertiary/aromatic N) is 2. The molecule has 0 bridgehead atoms. The van der Waals surface area contributed by atoms with Crippen molar-refractivity contribution < 1.29 is 13.5 Å².